The highest BCUT2D eigenvalue weighted by Crippen LogP contribution is 2.27. The van der Waals surface area contributed by atoms with E-state index >= 15 is 0 Å². The maximum Gasteiger partial charge on any atom is 0.228 e. The number of benzene rings is 1. The van der Waals surface area contributed by atoms with E-state index in [0.717, 1.165) is 0 Å². The molecule has 5 heteroatoms. The van der Waals surface area contributed by atoms with Crippen LogP contribution in [0.4, 0.5) is 5.69 Å². The molecule has 0 fully saturated rings. The predicted molar refractivity (Wildman–Crippen MR) is 70.4 cm³/mol. The third-order valence-electron chi connectivity index (χ3n) is 3.16. The van der Waals surface area contributed by atoms with Gasteiger partial charge in [-0.3, -0.25) is 4.79 Å². The average Bonchev–Trinajstić information content (AvgIpc) is 2.38. The molecule has 0 heterocycles. The normalized spacial score (nSPS) is 21.9. The zero-order chi connectivity index (χ0) is 13.8. The standard InChI is InChI=1S/C14H14ClNO3/c15-9-4-3-5-10(8-9)16-13(17)11-6-1-2-7-12(11)14(18)19/h1-5,8,11-12H,6-7H2,(H,16,17)(H,18,19)/p-1/t11-,12+/m0/s1. The highest BCUT2D eigenvalue weighted by Gasteiger charge is 2.29. The minimum absolute atomic E-state index is 0.319. The van der Waals surface area contributed by atoms with E-state index in [1.54, 1.807) is 30.3 Å². The number of halogens is 1. The van der Waals surface area contributed by atoms with Gasteiger partial charge in [-0.1, -0.05) is 29.8 Å². The van der Waals surface area contributed by atoms with Gasteiger partial charge in [-0.2, -0.15) is 0 Å². The van der Waals surface area contributed by atoms with Crippen LogP contribution in [0.5, 0.6) is 0 Å². The van der Waals surface area contributed by atoms with Crippen LogP contribution < -0.4 is 10.4 Å². The lowest BCUT2D eigenvalue weighted by atomic mass is 9.82. The fraction of sp³-hybridized carbons (Fsp3) is 0.286. The number of hydrogen-bond donors (Lipinski definition) is 1. The number of aliphatic carboxylic acids is 1. The summed E-state index contributed by atoms with van der Waals surface area (Å²) in [5.74, 6) is -2.88. The van der Waals surface area contributed by atoms with Gasteiger partial charge in [0.25, 0.3) is 0 Å². The van der Waals surface area contributed by atoms with E-state index in [-0.39, 0.29) is 5.91 Å². The van der Waals surface area contributed by atoms with Crippen LogP contribution in [0.25, 0.3) is 0 Å². The van der Waals surface area contributed by atoms with Crippen molar-refractivity contribution in [1.82, 2.24) is 0 Å². The fourth-order valence-corrected chi connectivity index (χ4v) is 2.36. The summed E-state index contributed by atoms with van der Waals surface area (Å²) in [6, 6.07) is 6.74. The average molecular weight is 279 g/mol. The summed E-state index contributed by atoms with van der Waals surface area (Å²) in [6.45, 7) is 0. The Morgan fingerprint density at radius 2 is 1.89 bits per heavy atom. The second kappa shape index (κ2) is 5.89. The molecular weight excluding hydrogens is 266 g/mol. The molecule has 0 saturated heterocycles. The molecule has 1 N–H and O–H groups in total. The van der Waals surface area contributed by atoms with Crippen molar-refractivity contribution >= 4 is 29.2 Å². The Labute approximate surface area is 116 Å². The van der Waals surface area contributed by atoms with E-state index in [1.165, 1.54) is 0 Å². The highest BCUT2D eigenvalue weighted by atomic mass is 35.5. The van der Waals surface area contributed by atoms with Crippen LogP contribution in [0.2, 0.25) is 5.02 Å². The van der Waals surface area contributed by atoms with Crippen LogP contribution in [0.3, 0.4) is 0 Å². The lowest BCUT2D eigenvalue weighted by Crippen LogP contribution is -2.41. The van der Waals surface area contributed by atoms with E-state index in [1.807, 2.05) is 6.08 Å². The monoisotopic (exact) mass is 278 g/mol. The van der Waals surface area contributed by atoms with E-state index in [4.69, 9.17) is 11.6 Å². The van der Waals surface area contributed by atoms with Crippen molar-refractivity contribution in [3.05, 3.63) is 41.4 Å². The Hall–Kier alpha value is -1.81. The Morgan fingerprint density at radius 1 is 1.21 bits per heavy atom. The number of carbonyl (C=O) groups excluding carboxylic acids is 2. The highest BCUT2D eigenvalue weighted by molar-refractivity contribution is 6.30. The van der Waals surface area contributed by atoms with Gasteiger partial charge in [0.1, 0.15) is 0 Å². The van der Waals surface area contributed by atoms with Crippen LogP contribution in [-0.2, 0) is 9.59 Å². The van der Waals surface area contributed by atoms with Gasteiger partial charge in [0.2, 0.25) is 5.91 Å². The molecule has 2 rings (SSSR count). The Kier molecular flexibility index (Phi) is 4.22. The van der Waals surface area contributed by atoms with Gasteiger partial charge in [0.15, 0.2) is 0 Å². The molecule has 0 aromatic heterocycles. The fourth-order valence-electron chi connectivity index (χ4n) is 2.17. The molecule has 1 aromatic rings. The molecule has 1 aromatic carbocycles. The van der Waals surface area contributed by atoms with Crippen molar-refractivity contribution in [3.63, 3.8) is 0 Å². The summed E-state index contributed by atoms with van der Waals surface area (Å²) >= 11 is 5.83. The van der Waals surface area contributed by atoms with Gasteiger partial charge in [0.05, 0.1) is 5.92 Å². The number of carbonyl (C=O) groups is 2. The van der Waals surface area contributed by atoms with E-state index in [9.17, 15) is 14.7 Å². The lowest BCUT2D eigenvalue weighted by Gasteiger charge is -2.28. The van der Waals surface area contributed by atoms with E-state index in [2.05, 4.69) is 5.32 Å². The first-order valence-electron chi connectivity index (χ1n) is 6.00. The first kappa shape index (κ1) is 13.6. The van der Waals surface area contributed by atoms with Gasteiger partial charge in [-0.15, -0.1) is 0 Å². The molecule has 1 aliphatic carbocycles. The first-order valence-corrected chi connectivity index (χ1v) is 6.38. The van der Waals surface area contributed by atoms with Gasteiger partial charge >= 0.3 is 0 Å². The molecule has 100 valence electrons. The molecule has 0 unspecified atom stereocenters. The molecular formula is C14H13ClNO3-. The summed E-state index contributed by atoms with van der Waals surface area (Å²) in [4.78, 5) is 23.1. The van der Waals surface area contributed by atoms with E-state index < -0.39 is 17.8 Å². The zero-order valence-electron chi connectivity index (χ0n) is 10.1. The Morgan fingerprint density at radius 3 is 2.53 bits per heavy atom. The van der Waals surface area contributed by atoms with Crippen molar-refractivity contribution in [3.8, 4) is 0 Å². The van der Waals surface area contributed by atoms with Crippen molar-refractivity contribution in [1.29, 1.82) is 0 Å². The zero-order valence-corrected chi connectivity index (χ0v) is 10.9. The summed E-state index contributed by atoms with van der Waals surface area (Å²) in [6.07, 6.45) is 4.33. The van der Waals surface area contributed by atoms with Crippen molar-refractivity contribution in [2.24, 2.45) is 11.8 Å². The number of amides is 1. The van der Waals surface area contributed by atoms with Crippen molar-refractivity contribution in [2.75, 3.05) is 5.32 Å². The molecule has 0 bridgehead atoms. The molecule has 1 aliphatic rings. The molecule has 0 aliphatic heterocycles. The molecule has 2 atom stereocenters. The van der Waals surface area contributed by atoms with Crippen molar-refractivity contribution in [2.45, 2.75) is 12.8 Å². The van der Waals surface area contributed by atoms with Gasteiger partial charge in [0, 0.05) is 22.6 Å². The van der Waals surface area contributed by atoms with Gasteiger partial charge < -0.3 is 15.2 Å². The lowest BCUT2D eigenvalue weighted by molar-refractivity contribution is -0.313. The number of allylic oxidation sites excluding steroid dienone is 2. The molecule has 0 radical (unpaired) electrons. The van der Waals surface area contributed by atoms with Crippen molar-refractivity contribution < 1.29 is 14.7 Å². The van der Waals surface area contributed by atoms with Gasteiger partial charge in [-0.25, -0.2) is 0 Å². The summed E-state index contributed by atoms with van der Waals surface area (Å²) in [5, 5.41) is 14.2. The van der Waals surface area contributed by atoms with Crippen LogP contribution in [0.15, 0.2) is 36.4 Å². The molecule has 0 saturated carbocycles. The summed E-state index contributed by atoms with van der Waals surface area (Å²) in [5.41, 5.74) is 0.559. The second-order valence-electron chi connectivity index (χ2n) is 4.47. The number of anilines is 1. The smallest absolute Gasteiger partial charge is 0.228 e. The third-order valence-corrected chi connectivity index (χ3v) is 3.40. The SMILES string of the molecule is O=C(Nc1cccc(Cl)c1)[C@H]1CC=CC[C@H]1C(=O)[O-]. The maximum atomic E-state index is 12.1. The van der Waals surface area contributed by atoms with Gasteiger partial charge in [-0.05, 0) is 31.0 Å². The van der Waals surface area contributed by atoms with Crippen LogP contribution in [-0.4, -0.2) is 11.9 Å². The number of carboxylic acids is 1. The second-order valence-corrected chi connectivity index (χ2v) is 4.91. The Bertz CT molecular complexity index is 527. The minimum atomic E-state index is -1.18. The summed E-state index contributed by atoms with van der Waals surface area (Å²) < 4.78 is 0. The number of carboxylic acid groups (broad SMARTS) is 1. The molecule has 4 nitrogen and oxygen atoms in total. The first-order chi connectivity index (χ1) is 9.08. The largest absolute Gasteiger partial charge is 0.550 e. The quantitative estimate of drug-likeness (QED) is 0.854. The number of hydrogen-bond acceptors (Lipinski definition) is 3. The number of nitrogens with one attached hydrogen (secondary N) is 1. The van der Waals surface area contributed by atoms with Crippen LogP contribution >= 0.6 is 11.6 Å². The molecule has 0 spiro atoms. The minimum Gasteiger partial charge on any atom is -0.550 e. The molecule has 1 amide bonds. The number of rotatable bonds is 3. The van der Waals surface area contributed by atoms with Crippen LogP contribution in [0.1, 0.15) is 12.8 Å². The Balaban J connectivity index is 2.10. The third kappa shape index (κ3) is 3.35. The summed E-state index contributed by atoms with van der Waals surface area (Å²) in [7, 11) is 0. The van der Waals surface area contributed by atoms with Crippen LogP contribution in [0, 0.1) is 11.8 Å². The van der Waals surface area contributed by atoms with E-state index in [0.29, 0.717) is 23.6 Å². The topological polar surface area (TPSA) is 69.2 Å². The maximum absolute atomic E-state index is 12.1. The predicted octanol–water partition coefficient (Wildman–Crippen LogP) is 1.61. The molecule has 19 heavy (non-hydrogen) atoms.